The molecule has 1 saturated carbocycles. The molecule has 4 heteroatoms. The third kappa shape index (κ3) is 2.95. The van der Waals surface area contributed by atoms with E-state index in [0.29, 0.717) is 0 Å². The minimum absolute atomic E-state index is 0.118. The predicted molar refractivity (Wildman–Crippen MR) is 87.4 cm³/mol. The molecule has 2 unspecified atom stereocenters. The van der Waals surface area contributed by atoms with Crippen molar-refractivity contribution in [3.8, 4) is 0 Å². The Balaban J connectivity index is 1.96. The number of nitrogen functional groups attached to an aromatic ring is 1. The molecule has 3 rings (SSSR count). The van der Waals surface area contributed by atoms with Gasteiger partial charge < -0.3 is 16.2 Å². The molecule has 1 heterocycles. The molecule has 0 aliphatic heterocycles. The third-order valence-corrected chi connectivity index (χ3v) is 4.39. The van der Waals surface area contributed by atoms with Gasteiger partial charge in [-0.05, 0) is 38.0 Å². The van der Waals surface area contributed by atoms with Crippen LogP contribution in [0.15, 0.2) is 24.4 Å². The number of aromatic nitrogens is 1. The molecule has 2 aromatic rings. The molecule has 1 aromatic heterocycles. The van der Waals surface area contributed by atoms with Crippen molar-refractivity contribution >= 4 is 22.1 Å². The van der Waals surface area contributed by atoms with Gasteiger partial charge in [0, 0.05) is 34.0 Å². The van der Waals surface area contributed by atoms with E-state index in [9.17, 15) is 5.11 Å². The Kier molecular flexibility index (Phi) is 3.97. The number of aryl methyl sites for hydroxylation is 1. The van der Waals surface area contributed by atoms with Crippen LogP contribution < -0.4 is 11.1 Å². The SMILES string of the molecule is Cc1cc2c(NC3CCCCCC3O)ccc(N)c2cn1. The molecule has 1 aromatic carbocycles. The first-order chi connectivity index (χ1) is 10.1. The summed E-state index contributed by atoms with van der Waals surface area (Å²) in [5.41, 5.74) is 8.79. The van der Waals surface area contributed by atoms with Gasteiger partial charge >= 0.3 is 0 Å². The smallest absolute Gasteiger partial charge is 0.0741 e. The average molecular weight is 285 g/mol. The van der Waals surface area contributed by atoms with Gasteiger partial charge in [-0.15, -0.1) is 0 Å². The normalized spacial score (nSPS) is 23.0. The first-order valence-corrected chi connectivity index (χ1v) is 7.74. The highest BCUT2D eigenvalue weighted by atomic mass is 16.3. The zero-order valence-corrected chi connectivity index (χ0v) is 12.5. The summed E-state index contributed by atoms with van der Waals surface area (Å²) in [5, 5.41) is 15.9. The average Bonchev–Trinajstić information content (AvgIpc) is 2.67. The van der Waals surface area contributed by atoms with Crippen molar-refractivity contribution in [2.75, 3.05) is 11.1 Å². The number of fused-ring (bicyclic) bond motifs is 1. The molecular weight excluding hydrogens is 262 g/mol. The molecule has 0 radical (unpaired) electrons. The van der Waals surface area contributed by atoms with Crippen molar-refractivity contribution in [3.63, 3.8) is 0 Å². The Morgan fingerprint density at radius 3 is 2.86 bits per heavy atom. The van der Waals surface area contributed by atoms with Crippen LogP contribution in [0.1, 0.15) is 37.8 Å². The predicted octanol–water partition coefficient (Wildman–Crippen LogP) is 3.23. The highest BCUT2D eigenvalue weighted by molar-refractivity contribution is 6.00. The zero-order chi connectivity index (χ0) is 14.8. The van der Waals surface area contributed by atoms with Gasteiger partial charge in [-0.1, -0.05) is 19.3 Å². The van der Waals surface area contributed by atoms with Gasteiger partial charge in [-0.3, -0.25) is 4.98 Å². The summed E-state index contributed by atoms with van der Waals surface area (Å²) in [5.74, 6) is 0. The molecule has 2 atom stereocenters. The van der Waals surface area contributed by atoms with Gasteiger partial charge in [0.2, 0.25) is 0 Å². The Labute approximate surface area is 125 Å². The van der Waals surface area contributed by atoms with Crippen molar-refractivity contribution in [2.45, 2.75) is 51.2 Å². The summed E-state index contributed by atoms with van der Waals surface area (Å²) >= 11 is 0. The summed E-state index contributed by atoms with van der Waals surface area (Å²) in [4.78, 5) is 4.33. The van der Waals surface area contributed by atoms with E-state index in [4.69, 9.17) is 5.73 Å². The fourth-order valence-corrected chi connectivity index (χ4v) is 3.15. The highest BCUT2D eigenvalue weighted by Crippen LogP contribution is 2.30. The van der Waals surface area contributed by atoms with Gasteiger partial charge in [-0.2, -0.15) is 0 Å². The monoisotopic (exact) mass is 285 g/mol. The van der Waals surface area contributed by atoms with Crippen molar-refractivity contribution in [3.05, 3.63) is 30.1 Å². The molecule has 112 valence electrons. The number of nitrogens with zero attached hydrogens (tertiary/aromatic N) is 1. The number of aliphatic hydroxyl groups excluding tert-OH is 1. The number of nitrogens with one attached hydrogen (secondary N) is 1. The minimum atomic E-state index is -0.275. The van der Waals surface area contributed by atoms with Crippen molar-refractivity contribution in [2.24, 2.45) is 0 Å². The number of aliphatic hydroxyl groups is 1. The van der Waals surface area contributed by atoms with Crippen LogP contribution in [0, 0.1) is 6.92 Å². The van der Waals surface area contributed by atoms with E-state index in [0.717, 1.165) is 47.1 Å². The summed E-state index contributed by atoms with van der Waals surface area (Å²) < 4.78 is 0. The summed E-state index contributed by atoms with van der Waals surface area (Å²) in [6, 6.07) is 6.09. The van der Waals surface area contributed by atoms with Crippen LogP contribution in [0.2, 0.25) is 0 Å². The molecule has 0 amide bonds. The molecule has 0 spiro atoms. The topological polar surface area (TPSA) is 71.2 Å². The van der Waals surface area contributed by atoms with Crippen LogP contribution in [0.4, 0.5) is 11.4 Å². The maximum absolute atomic E-state index is 10.3. The Hall–Kier alpha value is -1.81. The quantitative estimate of drug-likeness (QED) is 0.585. The molecule has 4 nitrogen and oxygen atoms in total. The maximum atomic E-state index is 10.3. The minimum Gasteiger partial charge on any atom is -0.398 e. The van der Waals surface area contributed by atoms with E-state index in [1.165, 1.54) is 12.8 Å². The number of benzene rings is 1. The lowest BCUT2D eigenvalue weighted by atomic mass is 10.0. The van der Waals surface area contributed by atoms with Gasteiger partial charge in [0.15, 0.2) is 0 Å². The fraction of sp³-hybridized carbons (Fsp3) is 0.471. The maximum Gasteiger partial charge on any atom is 0.0741 e. The van der Waals surface area contributed by atoms with Gasteiger partial charge in [0.05, 0.1) is 12.1 Å². The summed E-state index contributed by atoms with van der Waals surface area (Å²) in [6.07, 6.45) is 6.94. The molecule has 0 bridgehead atoms. The van der Waals surface area contributed by atoms with Gasteiger partial charge in [-0.25, -0.2) is 0 Å². The van der Waals surface area contributed by atoms with E-state index in [1.54, 1.807) is 0 Å². The van der Waals surface area contributed by atoms with Crippen molar-refractivity contribution in [1.82, 2.24) is 4.98 Å². The number of pyridine rings is 1. The van der Waals surface area contributed by atoms with E-state index in [1.807, 2.05) is 25.3 Å². The second-order valence-electron chi connectivity index (χ2n) is 6.03. The Morgan fingerprint density at radius 2 is 2.00 bits per heavy atom. The Bertz CT molecular complexity index is 641. The second kappa shape index (κ2) is 5.90. The first-order valence-electron chi connectivity index (χ1n) is 7.74. The van der Waals surface area contributed by atoms with Gasteiger partial charge in [0.1, 0.15) is 0 Å². The lowest BCUT2D eigenvalue weighted by molar-refractivity contribution is 0.144. The van der Waals surface area contributed by atoms with Crippen LogP contribution >= 0.6 is 0 Å². The van der Waals surface area contributed by atoms with Crippen LogP contribution in [0.25, 0.3) is 10.8 Å². The van der Waals surface area contributed by atoms with Crippen LogP contribution in [0.5, 0.6) is 0 Å². The van der Waals surface area contributed by atoms with Crippen molar-refractivity contribution < 1.29 is 5.11 Å². The lowest BCUT2D eigenvalue weighted by Crippen LogP contribution is -2.32. The van der Waals surface area contributed by atoms with E-state index in [-0.39, 0.29) is 12.1 Å². The van der Waals surface area contributed by atoms with Gasteiger partial charge in [0.25, 0.3) is 0 Å². The second-order valence-corrected chi connectivity index (χ2v) is 6.03. The summed E-state index contributed by atoms with van der Waals surface area (Å²) in [6.45, 7) is 1.98. The van der Waals surface area contributed by atoms with Crippen LogP contribution in [-0.2, 0) is 0 Å². The number of hydrogen-bond donors (Lipinski definition) is 3. The molecule has 0 saturated heterocycles. The van der Waals surface area contributed by atoms with Crippen LogP contribution in [0.3, 0.4) is 0 Å². The van der Waals surface area contributed by atoms with E-state index in [2.05, 4.69) is 16.4 Å². The molecule has 1 aliphatic rings. The fourth-order valence-electron chi connectivity index (χ4n) is 3.15. The molecular formula is C17H23N3O. The third-order valence-electron chi connectivity index (χ3n) is 4.39. The molecule has 1 fully saturated rings. The number of hydrogen-bond acceptors (Lipinski definition) is 4. The largest absolute Gasteiger partial charge is 0.398 e. The van der Waals surface area contributed by atoms with Crippen LogP contribution in [-0.4, -0.2) is 22.2 Å². The standard InChI is InChI=1S/C17H23N3O/c1-11-9-12-13(10-19-11)14(18)7-8-15(12)20-16-5-3-2-4-6-17(16)21/h7-10,16-17,20-21H,2-6,18H2,1H3. The zero-order valence-electron chi connectivity index (χ0n) is 12.5. The number of anilines is 2. The van der Waals surface area contributed by atoms with Crippen molar-refractivity contribution in [1.29, 1.82) is 0 Å². The van der Waals surface area contributed by atoms with E-state index < -0.39 is 0 Å². The number of nitrogens with two attached hydrogens (primary N) is 1. The first kappa shape index (κ1) is 14.1. The van der Waals surface area contributed by atoms with E-state index >= 15 is 0 Å². The molecule has 21 heavy (non-hydrogen) atoms. The Morgan fingerprint density at radius 1 is 1.19 bits per heavy atom. The highest BCUT2D eigenvalue weighted by Gasteiger charge is 2.22. The molecule has 4 N–H and O–H groups in total. The molecule has 1 aliphatic carbocycles. The number of rotatable bonds is 2. The summed E-state index contributed by atoms with van der Waals surface area (Å²) in [7, 11) is 0. The lowest BCUT2D eigenvalue weighted by Gasteiger charge is -2.24.